The molecule has 0 aliphatic rings. The Morgan fingerprint density at radius 2 is 2.00 bits per heavy atom. The number of hydrogen-bond acceptors (Lipinski definition) is 4. The van der Waals surface area contributed by atoms with Gasteiger partial charge in [-0.3, -0.25) is 15.0 Å². The number of fused-ring (bicyclic) bond motifs is 2. The van der Waals surface area contributed by atoms with Crippen molar-refractivity contribution in [3.05, 3.63) is 74.9 Å². The first-order valence-electron chi connectivity index (χ1n) is 7.20. The zero-order valence-electron chi connectivity index (χ0n) is 12.5. The fourth-order valence-electron chi connectivity index (χ4n) is 2.49. The average molecular weight is 374 g/mol. The van der Waals surface area contributed by atoms with Crippen LogP contribution in [0.15, 0.2) is 53.6 Å². The Morgan fingerprint density at radius 3 is 2.84 bits per heavy atom. The summed E-state index contributed by atoms with van der Waals surface area (Å²) in [5.41, 5.74) is 2.60. The second-order valence-corrected chi connectivity index (χ2v) is 6.69. The minimum Gasteiger partial charge on any atom is -0.267 e. The molecule has 0 spiro atoms. The van der Waals surface area contributed by atoms with Crippen molar-refractivity contribution in [1.29, 1.82) is 0 Å². The van der Waals surface area contributed by atoms with Gasteiger partial charge in [0.1, 0.15) is 17.0 Å². The van der Waals surface area contributed by atoms with Crippen molar-refractivity contribution in [2.24, 2.45) is 0 Å². The molecule has 0 aliphatic carbocycles. The molecule has 0 aliphatic heterocycles. The fraction of sp³-hybridized carbons (Fsp3) is 0. The summed E-state index contributed by atoms with van der Waals surface area (Å²) in [5, 5.41) is 1.19. The SMILES string of the molecule is O=C(Nn1cnc2ccccc2c1=O)c1sc2cc(F)ccc2c1Cl. The number of amides is 1. The molecule has 2 heterocycles. The van der Waals surface area contributed by atoms with Crippen LogP contribution in [0, 0.1) is 5.82 Å². The molecule has 0 saturated carbocycles. The predicted octanol–water partition coefficient (Wildman–Crippen LogP) is 3.79. The van der Waals surface area contributed by atoms with Crippen molar-refractivity contribution in [1.82, 2.24) is 9.66 Å². The van der Waals surface area contributed by atoms with E-state index >= 15 is 0 Å². The standard InChI is InChI=1S/C17H9ClFN3O2S/c18-14-11-6-5-9(19)7-13(11)25-15(14)16(23)21-22-8-20-12-4-2-1-3-10(12)17(22)24/h1-8H,(H,21,23). The molecule has 0 unspecified atom stereocenters. The van der Waals surface area contributed by atoms with Crippen LogP contribution in [-0.2, 0) is 0 Å². The molecule has 2 aromatic heterocycles. The van der Waals surface area contributed by atoms with Crippen LogP contribution in [0.1, 0.15) is 9.67 Å². The number of benzene rings is 2. The van der Waals surface area contributed by atoms with Gasteiger partial charge in [-0.2, -0.15) is 0 Å². The number of aromatic nitrogens is 2. The molecule has 25 heavy (non-hydrogen) atoms. The Morgan fingerprint density at radius 1 is 1.20 bits per heavy atom. The van der Waals surface area contributed by atoms with E-state index in [0.717, 1.165) is 16.0 Å². The molecule has 0 saturated heterocycles. The van der Waals surface area contributed by atoms with Gasteiger partial charge in [0.15, 0.2) is 0 Å². The van der Waals surface area contributed by atoms with E-state index in [1.54, 1.807) is 24.3 Å². The molecular weight excluding hydrogens is 365 g/mol. The maximum absolute atomic E-state index is 13.3. The Labute approximate surface area is 149 Å². The molecule has 2 aromatic carbocycles. The summed E-state index contributed by atoms with van der Waals surface area (Å²) in [6, 6.07) is 10.9. The smallest absolute Gasteiger partial charge is 0.267 e. The number of nitrogens with one attached hydrogen (secondary N) is 1. The van der Waals surface area contributed by atoms with Crippen molar-refractivity contribution in [3.8, 4) is 0 Å². The molecule has 5 nitrogen and oxygen atoms in total. The molecular formula is C17H9ClFN3O2S. The van der Waals surface area contributed by atoms with Crippen molar-refractivity contribution < 1.29 is 9.18 Å². The first kappa shape index (κ1) is 15.7. The van der Waals surface area contributed by atoms with Gasteiger partial charge in [-0.25, -0.2) is 14.1 Å². The molecule has 0 fully saturated rings. The van der Waals surface area contributed by atoms with Gasteiger partial charge in [0.25, 0.3) is 11.5 Å². The van der Waals surface area contributed by atoms with Crippen molar-refractivity contribution in [2.75, 3.05) is 5.43 Å². The molecule has 0 radical (unpaired) electrons. The Balaban J connectivity index is 1.74. The monoisotopic (exact) mass is 373 g/mol. The zero-order valence-corrected chi connectivity index (χ0v) is 14.1. The fourth-order valence-corrected chi connectivity index (χ4v) is 3.93. The summed E-state index contributed by atoms with van der Waals surface area (Å²) in [6.07, 6.45) is 1.24. The third-order valence-corrected chi connectivity index (χ3v) is 5.34. The number of hydrogen-bond donors (Lipinski definition) is 1. The van der Waals surface area contributed by atoms with Crippen LogP contribution in [-0.4, -0.2) is 15.6 Å². The third-order valence-electron chi connectivity index (χ3n) is 3.69. The summed E-state index contributed by atoms with van der Waals surface area (Å²) in [4.78, 5) is 29.3. The van der Waals surface area contributed by atoms with E-state index in [4.69, 9.17) is 11.6 Å². The van der Waals surface area contributed by atoms with E-state index in [-0.39, 0.29) is 9.90 Å². The largest absolute Gasteiger partial charge is 0.281 e. The number of halogens is 2. The molecule has 124 valence electrons. The lowest BCUT2D eigenvalue weighted by Gasteiger charge is -2.07. The second kappa shape index (κ2) is 5.94. The van der Waals surface area contributed by atoms with Gasteiger partial charge in [-0.05, 0) is 30.3 Å². The number of thiophene rings is 1. The number of rotatable bonds is 2. The summed E-state index contributed by atoms with van der Waals surface area (Å²) >= 11 is 7.28. The first-order valence-corrected chi connectivity index (χ1v) is 8.39. The lowest BCUT2D eigenvalue weighted by molar-refractivity contribution is 0.101. The Bertz CT molecular complexity index is 1200. The number of carbonyl (C=O) groups excluding carboxylic acids is 1. The highest BCUT2D eigenvalue weighted by atomic mass is 35.5. The van der Waals surface area contributed by atoms with Crippen LogP contribution in [0.4, 0.5) is 4.39 Å². The van der Waals surface area contributed by atoms with E-state index in [1.807, 2.05) is 0 Å². The zero-order chi connectivity index (χ0) is 17.6. The molecule has 0 atom stereocenters. The normalized spacial score (nSPS) is 11.1. The minimum atomic E-state index is -0.564. The quantitative estimate of drug-likeness (QED) is 0.581. The lowest BCUT2D eigenvalue weighted by Crippen LogP contribution is -2.33. The van der Waals surface area contributed by atoms with E-state index < -0.39 is 17.3 Å². The minimum absolute atomic E-state index is 0.197. The first-order chi connectivity index (χ1) is 12.0. The summed E-state index contributed by atoms with van der Waals surface area (Å²) in [6.45, 7) is 0. The van der Waals surface area contributed by atoms with Gasteiger partial charge in [0.05, 0.1) is 15.9 Å². The number of carbonyl (C=O) groups is 1. The average Bonchev–Trinajstić information content (AvgIpc) is 2.93. The van der Waals surface area contributed by atoms with Crippen LogP contribution in [0.3, 0.4) is 0 Å². The predicted molar refractivity (Wildman–Crippen MR) is 96.5 cm³/mol. The highest BCUT2D eigenvalue weighted by Gasteiger charge is 2.18. The molecule has 4 aromatic rings. The van der Waals surface area contributed by atoms with Crippen LogP contribution < -0.4 is 11.0 Å². The highest BCUT2D eigenvalue weighted by molar-refractivity contribution is 7.21. The van der Waals surface area contributed by atoms with Crippen LogP contribution in [0.25, 0.3) is 21.0 Å². The molecule has 4 rings (SSSR count). The van der Waals surface area contributed by atoms with Crippen LogP contribution in [0.2, 0.25) is 5.02 Å². The summed E-state index contributed by atoms with van der Waals surface area (Å²) in [7, 11) is 0. The molecule has 1 N–H and O–H groups in total. The topological polar surface area (TPSA) is 64.0 Å². The van der Waals surface area contributed by atoms with E-state index in [0.29, 0.717) is 21.0 Å². The van der Waals surface area contributed by atoms with Crippen LogP contribution >= 0.6 is 22.9 Å². The van der Waals surface area contributed by atoms with Crippen LogP contribution in [0.5, 0.6) is 0 Å². The van der Waals surface area contributed by atoms with Gasteiger partial charge >= 0.3 is 0 Å². The van der Waals surface area contributed by atoms with Gasteiger partial charge in [0.2, 0.25) is 0 Å². The Kier molecular flexibility index (Phi) is 3.74. The second-order valence-electron chi connectivity index (χ2n) is 5.26. The number of nitrogens with zero attached hydrogens (tertiary/aromatic N) is 2. The van der Waals surface area contributed by atoms with Gasteiger partial charge < -0.3 is 0 Å². The molecule has 1 amide bonds. The van der Waals surface area contributed by atoms with E-state index in [2.05, 4.69) is 10.4 Å². The van der Waals surface area contributed by atoms with Crippen molar-refractivity contribution in [3.63, 3.8) is 0 Å². The van der Waals surface area contributed by atoms with Gasteiger partial charge in [-0.15, -0.1) is 11.3 Å². The molecule has 8 heteroatoms. The van der Waals surface area contributed by atoms with E-state index in [9.17, 15) is 14.0 Å². The number of para-hydroxylation sites is 1. The third kappa shape index (κ3) is 2.67. The van der Waals surface area contributed by atoms with Gasteiger partial charge in [0, 0.05) is 10.1 Å². The summed E-state index contributed by atoms with van der Waals surface area (Å²) < 4.78 is 14.9. The van der Waals surface area contributed by atoms with Crippen molar-refractivity contribution >= 4 is 49.8 Å². The highest BCUT2D eigenvalue weighted by Crippen LogP contribution is 2.35. The maximum atomic E-state index is 13.3. The molecule has 0 bridgehead atoms. The Hall–Kier alpha value is -2.77. The van der Waals surface area contributed by atoms with Crippen molar-refractivity contribution in [2.45, 2.75) is 0 Å². The lowest BCUT2D eigenvalue weighted by atomic mass is 10.2. The van der Waals surface area contributed by atoms with Gasteiger partial charge in [-0.1, -0.05) is 23.7 Å². The summed E-state index contributed by atoms with van der Waals surface area (Å²) in [5.74, 6) is -0.974. The van der Waals surface area contributed by atoms with E-state index in [1.165, 1.54) is 24.5 Å². The maximum Gasteiger partial charge on any atom is 0.281 e.